The molecule has 1 atom stereocenters. The van der Waals surface area contributed by atoms with Crippen LogP contribution in [0.4, 0.5) is 10.1 Å². The van der Waals surface area contributed by atoms with Gasteiger partial charge in [-0.3, -0.25) is 4.90 Å². The van der Waals surface area contributed by atoms with Crippen LogP contribution in [0.15, 0.2) is 18.2 Å². The quantitative estimate of drug-likeness (QED) is 0.903. The molecule has 1 fully saturated rings. The largest absolute Gasteiger partial charge is 0.369 e. The van der Waals surface area contributed by atoms with E-state index in [1.165, 1.54) is 6.07 Å². The molecule has 2 N–H and O–H groups in total. The zero-order valence-corrected chi connectivity index (χ0v) is 13.0. The maximum absolute atomic E-state index is 13.4. The number of halogens is 1. The molecule has 0 saturated carbocycles. The predicted molar refractivity (Wildman–Crippen MR) is 82.5 cm³/mol. The number of anilines is 1. The molecular formula is C16H26FN3. The summed E-state index contributed by atoms with van der Waals surface area (Å²) in [6.07, 6.45) is 0. The van der Waals surface area contributed by atoms with Crippen molar-refractivity contribution < 1.29 is 4.39 Å². The summed E-state index contributed by atoms with van der Waals surface area (Å²) in [6, 6.07) is 4.80. The lowest BCUT2D eigenvalue weighted by Gasteiger charge is -2.43. The number of nitrogens with two attached hydrogens (primary N) is 1. The zero-order chi connectivity index (χ0) is 14.9. The molecule has 1 heterocycles. The van der Waals surface area contributed by atoms with Gasteiger partial charge in [-0.15, -0.1) is 0 Å². The van der Waals surface area contributed by atoms with E-state index in [2.05, 4.69) is 30.6 Å². The van der Waals surface area contributed by atoms with Crippen LogP contribution >= 0.6 is 0 Å². The minimum atomic E-state index is -0.214. The Labute approximate surface area is 121 Å². The van der Waals surface area contributed by atoms with Crippen LogP contribution in [-0.4, -0.2) is 36.6 Å². The molecule has 4 heteroatoms. The van der Waals surface area contributed by atoms with Crippen LogP contribution < -0.4 is 10.6 Å². The lowest BCUT2D eigenvalue weighted by atomic mass is 10.0. The van der Waals surface area contributed by atoms with Crippen molar-refractivity contribution in [3.63, 3.8) is 0 Å². The highest BCUT2D eigenvalue weighted by molar-refractivity contribution is 5.55. The summed E-state index contributed by atoms with van der Waals surface area (Å²) in [5, 5.41) is 0. The number of hydrogen-bond donors (Lipinski definition) is 1. The van der Waals surface area contributed by atoms with Crippen LogP contribution in [0.5, 0.6) is 0 Å². The monoisotopic (exact) mass is 279 g/mol. The summed E-state index contributed by atoms with van der Waals surface area (Å²) >= 11 is 0. The highest BCUT2D eigenvalue weighted by Gasteiger charge is 2.27. The summed E-state index contributed by atoms with van der Waals surface area (Å²) in [5.74, 6) is -0.214. The first kappa shape index (κ1) is 15.3. The predicted octanol–water partition coefficient (Wildman–Crippen LogP) is 2.77. The Morgan fingerprint density at radius 1 is 1.15 bits per heavy atom. The second-order valence-electron chi connectivity index (χ2n) is 6.64. The van der Waals surface area contributed by atoms with Crippen molar-refractivity contribution in [2.24, 2.45) is 5.73 Å². The minimum absolute atomic E-state index is 0.152. The number of nitrogens with zero attached hydrogens (tertiary/aromatic N) is 2. The van der Waals surface area contributed by atoms with Gasteiger partial charge in [-0.25, -0.2) is 4.39 Å². The van der Waals surface area contributed by atoms with Gasteiger partial charge in [0.05, 0.1) is 0 Å². The van der Waals surface area contributed by atoms with Gasteiger partial charge in [0.15, 0.2) is 0 Å². The molecule has 1 aromatic carbocycles. The lowest BCUT2D eigenvalue weighted by Crippen LogP contribution is -2.53. The van der Waals surface area contributed by atoms with Gasteiger partial charge >= 0.3 is 0 Å². The third-order valence-corrected chi connectivity index (χ3v) is 4.05. The molecule has 0 bridgehead atoms. The average Bonchev–Trinajstić information content (AvgIpc) is 2.37. The molecule has 0 unspecified atom stereocenters. The standard InChI is InChI=1S/C16H26FN3/c1-12(18)14-11-13(17)5-6-15(14)19-7-9-20(10-8-19)16(2,3)4/h5-6,11-12H,7-10,18H2,1-4H3/t12-/m1/s1. The van der Waals surface area contributed by atoms with Gasteiger partial charge < -0.3 is 10.6 Å². The van der Waals surface area contributed by atoms with E-state index in [0.717, 1.165) is 37.4 Å². The Bertz CT molecular complexity index is 457. The molecule has 0 amide bonds. The molecule has 0 aliphatic carbocycles. The van der Waals surface area contributed by atoms with Crippen LogP contribution in [-0.2, 0) is 0 Å². The van der Waals surface area contributed by atoms with E-state index in [1.54, 1.807) is 6.07 Å². The second-order valence-corrected chi connectivity index (χ2v) is 6.64. The van der Waals surface area contributed by atoms with E-state index in [1.807, 2.05) is 13.0 Å². The fraction of sp³-hybridized carbons (Fsp3) is 0.625. The molecule has 0 spiro atoms. The van der Waals surface area contributed by atoms with Crippen LogP contribution in [0, 0.1) is 5.82 Å². The van der Waals surface area contributed by atoms with E-state index in [9.17, 15) is 4.39 Å². The van der Waals surface area contributed by atoms with Crippen molar-refractivity contribution in [1.82, 2.24) is 4.90 Å². The SMILES string of the molecule is C[C@@H](N)c1cc(F)ccc1N1CCN(C(C)(C)C)CC1. The van der Waals surface area contributed by atoms with Crippen molar-refractivity contribution in [3.8, 4) is 0 Å². The summed E-state index contributed by atoms with van der Waals surface area (Å²) in [5.41, 5.74) is 8.17. The summed E-state index contributed by atoms with van der Waals surface area (Å²) in [4.78, 5) is 4.80. The van der Waals surface area contributed by atoms with Crippen molar-refractivity contribution >= 4 is 5.69 Å². The number of rotatable bonds is 2. The van der Waals surface area contributed by atoms with Crippen LogP contribution in [0.25, 0.3) is 0 Å². The second kappa shape index (κ2) is 5.70. The molecule has 1 aliphatic heterocycles. The van der Waals surface area contributed by atoms with Gasteiger partial charge in [0.1, 0.15) is 5.82 Å². The Morgan fingerprint density at radius 2 is 1.75 bits per heavy atom. The zero-order valence-electron chi connectivity index (χ0n) is 13.0. The van der Waals surface area contributed by atoms with Crippen LogP contribution in [0.1, 0.15) is 39.3 Å². The van der Waals surface area contributed by atoms with E-state index in [4.69, 9.17) is 5.73 Å². The van der Waals surface area contributed by atoms with Gasteiger partial charge in [-0.1, -0.05) is 0 Å². The smallest absolute Gasteiger partial charge is 0.123 e. The Kier molecular flexibility index (Phi) is 4.35. The average molecular weight is 279 g/mol. The van der Waals surface area contributed by atoms with E-state index < -0.39 is 0 Å². The van der Waals surface area contributed by atoms with E-state index in [-0.39, 0.29) is 17.4 Å². The first-order chi connectivity index (χ1) is 9.29. The van der Waals surface area contributed by atoms with Crippen molar-refractivity contribution in [2.75, 3.05) is 31.1 Å². The topological polar surface area (TPSA) is 32.5 Å². The minimum Gasteiger partial charge on any atom is -0.369 e. The van der Waals surface area contributed by atoms with Crippen molar-refractivity contribution in [2.45, 2.75) is 39.3 Å². The third kappa shape index (κ3) is 3.30. The van der Waals surface area contributed by atoms with E-state index >= 15 is 0 Å². The maximum Gasteiger partial charge on any atom is 0.123 e. The number of benzene rings is 1. The van der Waals surface area contributed by atoms with Gasteiger partial charge in [0, 0.05) is 43.4 Å². The van der Waals surface area contributed by atoms with Gasteiger partial charge in [-0.05, 0) is 51.5 Å². The first-order valence-corrected chi connectivity index (χ1v) is 7.34. The lowest BCUT2D eigenvalue weighted by molar-refractivity contribution is 0.128. The highest BCUT2D eigenvalue weighted by Crippen LogP contribution is 2.28. The summed E-state index contributed by atoms with van der Waals surface area (Å²) in [6.45, 7) is 12.6. The molecule has 0 radical (unpaired) electrons. The molecule has 2 rings (SSSR count). The third-order valence-electron chi connectivity index (χ3n) is 4.05. The molecule has 112 valence electrons. The molecular weight excluding hydrogens is 253 g/mol. The Hall–Kier alpha value is -1.13. The molecule has 0 aromatic heterocycles. The van der Waals surface area contributed by atoms with Crippen molar-refractivity contribution in [1.29, 1.82) is 0 Å². The molecule has 3 nitrogen and oxygen atoms in total. The summed E-state index contributed by atoms with van der Waals surface area (Å²) in [7, 11) is 0. The van der Waals surface area contributed by atoms with Gasteiger partial charge in [0.2, 0.25) is 0 Å². The number of hydrogen-bond acceptors (Lipinski definition) is 3. The van der Waals surface area contributed by atoms with Gasteiger partial charge in [-0.2, -0.15) is 0 Å². The fourth-order valence-electron chi connectivity index (χ4n) is 2.80. The first-order valence-electron chi connectivity index (χ1n) is 7.34. The molecule has 20 heavy (non-hydrogen) atoms. The number of piperazine rings is 1. The van der Waals surface area contributed by atoms with Crippen LogP contribution in [0.2, 0.25) is 0 Å². The van der Waals surface area contributed by atoms with Crippen LogP contribution in [0.3, 0.4) is 0 Å². The van der Waals surface area contributed by atoms with Crippen molar-refractivity contribution in [3.05, 3.63) is 29.6 Å². The normalized spacial score (nSPS) is 19.2. The molecule has 1 aliphatic rings. The Morgan fingerprint density at radius 3 is 2.25 bits per heavy atom. The molecule has 1 aromatic rings. The molecule has 1 saturated heterocycles. The Balaban J connectivity index is 2.15. The maximum atomic E-state index is 13.4. The van der Waals surface area contributed by atoms with E-state index in [0.29, 0.717) is 0 Å². The fourth-order valence-corrected chi connectivity index (χ4v) is 2.80. The van der Waals surface area contributed by atoms with Gasteiger partial charge in [0.25, 0.3) is 0 Å². The summed E-state index contributed by atoms with van der Waals surface area (Å²) < 4.78 is 13.4. The highest BCUT2D eigenvalue weighted by atomic mass is 19.1.